The summed E-state index contributed by atoms with van der Waals surface area (Å²) in [4.78, 5) is 0. The van der Waals surface area contributed by atoms with Gasteiger partial charge in [-0.05, 0) is 18.2 Å². The molecule has 0 atom stereocenters. The van der Waals surface area contributed by atoms with Crippen molar-refractivity contribution < 1.29 is 0 Å². The molecular formula is C13H19N3. The van der Waals surface area contributed by atoms with E-state index in [-0.39, 0.29) is 0 Å². The van der Waals surface area contributed by atoms with E-state index in [1.807, 2.05) is 0 Å². The highest BCUT2D eigenvalue weighted by molar-refractivity contribution is 5.84. The minimum atomic E-state index is 0.593. The number of nitrogens with one attached hydrogen (secondary N) is 1. The lowest BCUT2D eigenvalue weighted by atomic mass is 10.1. The molecule has 0 aliphatic rings. The number of aromatic nitrogens is 1. The van der Waals surface area contributed by atoms with E-state index in [1.165, 1.54) is 22.2 Å². The van der Waals surface area contributed by atoms with Crippen molar-refractivity contribution in [3.63, 3.8) is 0 Å². The summed E-state index contributed by atoms with van der Waals surface area (Å²) in [6.07, 6.45) is 0. The Hall–Kier alpha value is -1.32. The predicted molar refractivity (Wildman–Crippen MR) is 68.2 cm³/mol. The van der Waals surface area contributed by atoms with Gasteiger partial charge in [0.2, 0.25) is 0 Å². The lowest BCUT2D eigenvalue weighted by molar-refractivity contribution is 0.685. The zero-order chi connectivity index (χ0) is 11.5. The van der Waals surface area contributed by atoms with Gasteiger partial charge in [-0.3, -0.25) is 0 Å². The van der Waals surface area contributed by atoms with E-state index in [9.17, 15) is 0 Å². The second-order valence-corrected chi connectivity index (χ2v) is 4.03. The molecule has 0 spiro atoms. The number of rotatable bonds is 4. The molecule has 1 aromatic carbocycles. The second kappa shape index (κ2) is 4.68. The van der Waals surface area contributed by atoms with Crippen molar-refractivity contribution in [3.05, 3.63) is 35.5 Å². The molecule has 0 unspecified atom stereocenters. The smallest absolute Gasteiger partial charge is 0.0525 e. The Kier molecular flexibility index (Phi) is 3.27. The molecule has 2 rings (SSSR count). The van der Waals surface area contributed by atoms with E-state index >= 15 is 0 Å². The standard InChI is InChI=1S/C13H19N3/c1-3-15-9-12-7-10-5-4-6-11(8-14)13(10)16(12)2/h4-7,15H,3,8-9,14H2,1-2H3. The number of aryl methyl sites for hydroxylation is 1. The minimum absolute atomic E-state index is 0.593. The maximum atomic E-state index is 5.77. The molecule has 3 nitrogen and oxygen atoms in total. The second-order valence-electron chi connectivity index (χ2n) is 4.03. The molecular weight excluding hydrogens is 198 g/mol. The quantitative estimate of drug-likeness (QED) is 0.819. The number of nitrogens with two attached hydrogens (primary N) is 1. The first-order valence-electron chi connectivity index (χ1n) is 5.75. The molecule has 3 heteroatoms. The Morgan fingerprint density at radius 1 is 1.38 bits per heavy atom. The van der Waals surface area contributed by atoms with Crippen molar-refractivity contribution in [3.8, 4) is 0 Å². The SMILES string of the molecule is CCNCc1cc2cccc(CN)c2n1C. The number of nitrogens with zero attached hydrogens (tertiary/aromatic N) is 1. The summed E-state index contributed by atoms with van der Waals surface area (Å²) in [6, 6.07) is 8.54. The van der Waals surface area contributed by atoms with Crippen LogP contribution in [-0.4, -0.2) is 11.1 Å². The Balaban J connectivity index is 2.50. The van der Waals surface area contributed by atoms with Gasteiger partial charge in [-0.15, -0.1) is 0 Å². The Bertz CT molecular complexity index is 485. The van der Waals surface area contributed by atoms with Crippen LogP contribution >= 0.6 is 0 Å². The average molecular weight is 217 g/mol. The monoisotopic (exact) mass is 217 g/mol. The van der Waals surface area contributed by atoms with E-state index in [2.05, 4.69) is 48.1 Å². The summed E-state index contributed by atoms with van der Waals surface area (Å²) < 4.78 is 2.24. The lowest BCUT2D eigenvalue weighted by Gasteiger charge is -2.07. The average Bonchev–Trinajstić information content (AvgIpc) is 2.64. The highest BCUT2D eigenvalue weighted by atomic mass is 15.0. The highest BCUT2D eigenvalue weighted by Crippen LogP contribution is 2.22. The van der Waals surface area contributed by atoms with Gasteiger partial charge in [0, 0.05) is 31.2 Å². The van der Waals surface area contributed by atoms with Crippen molar-refractivity contribution in [1.29, 1.82) is 0 Å². The van der Waals surface area contributed by atoms with E-state index in [0.29, 0.717) is 6.54 Å². The number of fused-ring (bicyclic) bond motifs is 1. The van der Waals surface area contributed by atoms with Crippen LogP contribution in [0.15, 0.2) is 24.3 Å². The van der Waals surface area contributed by atoms with E-state index in [4.69, 9.17) is 5.73 Å². The van der Waals surface area contributed by atoms with Crippen LogP contribution in [0.1, 0.15) is 18.2 Å². The van der Waals surface area contributed by atoms with Gasteiger partial charge in [0.25, 0.3) is 0 Å². The summed E-state index contributed by atoms with van der Waals surface area (Å²) in [5, 5.41) is 4.63. The predicted octanol–water partition coefficient (Wildman–Crippen LogP) is 1.75. The van der Waals surface area contributed by atoms with Gasteiger partial charge in [-0.25, -0.2) is 0 Å². The van der Waals surface area contributed by atoms with Crippen LogP contribution in [-0.2, 0) is 20.1 Å². The molecule has 1 aromatic heterocycles. The fraction of sp³-hybridized carbons (Fsp3) is 0.385. The maximum absolute atomic E-state index is 5.77. The molecule has 0 amide bonds. The lowest BCUT2D eigenvalue weighted by Crippen LogP contribution is -2.14. The third kappa shape index (κ3) is 1.84. The molecule has 86 valence electrons. The number of hydrogen-bond donors (Lipinski definition) is 2. The van der Waals surface area contributed by atoms with Crippen LogP contribution < -0.4 is 11.1 Å². The maximum Gasteiger partial charge on any atom is 0.0525 e. The minimum Gasteiger partial charge on any atom is -0.346 e. The molecule has 3 N–H and O–H groups in total. The van der Waals surface area contributed by atoms with Crippen LogP contribution in [0.5, 0.6) is 0 Å². The molecule has 0 bridgehead atoms. The molecule has 0 saturated heterocycles. The molecule has 1 heterocycles. The van der Waals surface area contributed by atoms with Gasteiger partial charge in [0.1, 0.15) is 0 Å². The molecule has 0 fully saturated rings. The summed E-state index contributed by atoms with van der Waals surface area (Å²) in [5.74, 6) is 0. The molecule has 0 aliphatic heterocycles. The van der Waals surface area contributed by atoms with Crippen LogP contribution in [0.3, 0.4) is 0 Å². The van der Waals surface area contributed by atoms with Crippen LogP contribution in [0, 0.1) is 0 Å². The molecule has 0 aliphatic carbocycles. The summed E-state index contributed by atoms with van der Waals surface area (Å²) in [5.41, 5.74) is 9.54. The third-order valence-corrected chi connectivity index (χ3v) is 3.02. The normalized spacial score (nSPS) is 11.2. The summed E-state index contributed by atoms with van der Waals surface area (Å²) >= 11 is 0. The van der Waals surface area contributed by atoms with Gasteiger partial charge in [0.05, 0.1) is 5.52 Å². The summed E-state index contributed by atoms with van der Waals surface area (Å²) in [6.45, 7) is 4.61. The Labute approximate surface area is 96.2 Å². The molecule has 16 heavy (non-hydrogen) atoms. The number of hydrogen-bond acceptors (Lipinski definition) is 2. The van der Waals surface area contributed by atoms with Crippen LogP contribution in [0.2, 0.25) is 0 Å². The van der Waals surface area contributed by atoms with E-state index in [0.717, 1.165) is 13.1 Å². The topological polar surface area (TPSA) is 43.0 Å². The number of benzene rings is 1. The van der Waals surface area contributed by atoms with Gasteiger partial charge < -0.3 is 15.6 Å². The highest BCUT2D eigenvalue weighted by Gasteiger charge is 2.07. The van der Waals surface area contributed by atoms with Gasteiger partial charge >= 0.3 is 0 Å². The van der Waals surface area contributed by atoms with E-state index in [1.54, 1.807) is 0 Å². The van der Waals surface area contributed by atoms with Gasteiger partial charge in [0.15, 0.2) is 0 Å². The van der Waals surface area contributed by atoms with Gasteiger partial charge in [-0.2, -0.15) is 0 Å². The van der Waals surface area contributed by atoms with Crippen molar-refractivity contribution in [2.24, 2.45) is 12.8 Å². The Morgan fingerprint density at radius 2 is 2.19 bits per heavy atom. The fourth-order valence-electron chi connectivity index (χ4n) is 2.14. The van der Waals surface area contributed by atoms with Crippen molar-refractivity contribution in [1.82, 2.24) is 9.88 Å². The zero-order valence-corrected chi connectivity index (χ0v) is 9.96. The molecule has 0 radical (unpaired) electrons. The number of para-hydroxylation sites is 1. The third-order valence-electron chi connectivity index (χ3n) is 3.02. The van der Waals surface area contributed by atoms with Crippen LogP contribution in [0.4, 0.5) is 0 Å². The van der Waals surface area contributed by atoms with E-state index < -0.39 is 0 Å². The zero-order valence-electron chi connectivity index (χ0n) is 9.96. The van der Waals surface area contributed by atoms with Gasteiger partial charge in [-0.1, -0.05) is 25.1 Å². The Morgan fingerprint density at radius 3 is 2.88 bits per heavy atom. The van der Waals surface area contributed by atoms with Crippen molar-refractivity contribution in [2.45, 2.75) is 20.0 Å². The fourth-order valence-corrected chi connectivity index (χ4v) is 2.14. The van der Waals surface area contributed by atoms with Crippen molar-refractivity contribution >= 4 is 10.9 Å². The first kappa shape index (κ1) is 11.2. The largest absolute Gasteiger partial charge is 0.346 e. The summed E-state index contributed by atoms with van der Waals surface area (Å²) in [7, 11) is 2.11. The first-order chi connectivity index (χ1) is 7.77. The van der Waals surface area contributed by atoms with Crippen LogP contribution in [0.25, 0.3) is 10.9 Å². The molecule has 0 saturated carbocycles. The molecule has 2 aromatic rings. The first-order valence-corrected chi connectivity index (χ1v) is 5.75. The van der Waals surface area contributed by atoms with Crippen molar-refractivity contribution in [2.75, 3.05) is 6.54 Å².